The number of ether oxygens (including phenoxy) is 2. The zero-order valence-electron chi connectivity index (χ0n) is 16.2. The number of nitrogens with two attached hydrogens (primary N) is 1. The Hall–Kier alpha value is -3.95. The van der Waals surface area contributed by atoms with Crippen molar-refractivity contribution in [1.82, 2.24) is 25.5 Å². The second-order valence-electron chi connectivity index (χ2n) is 6.78. The molecule has 0 fully saturated rings. The van der Waals surface area contributed by atoms with E-state index in [0.29, 0.717) is 41.7 Å². The number of amides is 2. The van der Waals surface area contributed by atoms with E-state index in [1.165, 1.54) is 4.80 Å². The van der Waals surface area contributed by atoms with Gasteiger partial charge in [-0.1, -0.05) is 18.2 Å². The number of rotatable bonds is 6. The molecule has 2 aromatic carbocycles. The van der Waals surface area contributed by atoms with Gasteiger partial charge in [0.05, 0.1) is 6.04 Å². The molecule has 0 bridgehead atoms. The normalized spacial score (nSPS) is 13.5. The molecule has 3 aromatic rings. The van der Waals surface area contributed by atoms with Gasteiger partial charge < -0.3 is 20.5 Å². The molecule has 0 saturated carbocycles. The molecule has 10 heteroatoms. The highest BCUT2D eigenvalue weighted by atomic mass is 16.6. The first-order valence-corrected chi connectivity index (χ1v) is 9.36. The molecule has 0 unspecified atom stereocenters. The van der Waals surface area contributed by atoms with Crippen molar-refractivity contribution in [3.63, 3.8) is 0 Å². The number of carbonyl (C=O) groups is 2. The van der Waals surface area contributed by atoms with Crippen LogP contribution in [0.1, 0.15) is 28.9 Å². The molecule has 1 aromatic heterocycles. The molecule has 1 atom stereocenters. The number of aromatic nitrogens is 4. The summed E-state index contributed by atoms with van der Waals surface area (Å²) in [6, 6.07) is 11.9. The van der Waals surface area contributed by atoms with Gasteiger partial charge >= 0.3 is 0 Å². The van der Waals surface area contributed by atoms with E-state index in [-0.39, 0.29) is 18.5 Å². The molecule has 10 nitrogen and oxygen atoms in total. The summed E-state index contributed by atoms with van der Waals surface area (Å²) in [6.07, 6.45) is 0. The van der Waals surface area contributed by atoms with Gasteiger partial charge in [0.2, 0.25) is 17.6 Å². The highest BCUT2D eigenvalue weighted by Crippen LogP contribution is 2.32. The average molecular weight is 408 g/mol. The summed E-state index contributed by atoms with van der Waals surface area (Å²) in [5.41, 5.74) is 7.18. The van der Waals surface area contributed by atoms with Crippen molar-refractivity contribution < 1.29 is 19.1 Å². The highest BCUT2D eigenvalue weighted by molar-refractivity contribution is 5.93. The van der Waals surface area contributed by atoms with E-state index in [4.69, 9.17) is 15.2 Å². The van der Waals surface area contributed by atoms with Crippen molar-refractivity contribution in [2.75, 3.05) is 13.2 Å². The average Bonchev–Trinajstić information content (AvgIpc) is 3.21. The molecule has 154 valence electrons. The Morgan fingerprint density at radius 1 is 1.13 bits per heavy atom. The fraction of sp³-hybridized carbons (Fsp3) is 0.250. The van der Waals surface area contributed by atoms with Crippen LogP contribution < -0.4 is 20.5 Å². The number of tetrazole rings is 1. The van der Waals surface area contributed by atoms with Crippen LogP contribution >= 0.6 is 0 Å². The van der Waals surface area contributed by atoms with Gasteiger partial charge in [0, 0.05) is 11.1 Å². The van der Waals surface area contributed by atoms with Crippen molar-refractivity contribution in [2.24, 2.45) is 5.73 Å². The first kappa shape index (κ1) is 19.4. The molecule has 2 amide bonds. The monoisotopic (exact) mass is 408 g/mol. The first-order valence-electron chi connectivity index (χ1n) is 9.36. The number of benzene rings is 2. The minimum Gasteiger partial charge on any atom is -0.486 e. The van der Waals surface area contributed by atoms with Crippen molar-refractivity contribution >= 4 is 11.8 Å². The zero-order chi connectivity index (χ0) is 21.1. The van der Waals surface area contributed by atoms with E-state index < -0.39 is 5.91 Å². The van der Waals surface area contributed by atoms with E-state index in [2.05, 4.69) is 20.7 Å². The van der Waals surface area contributed by atoms with Gasteiger partial charge in [-0.3, -0.25) is 9.59 Å². The molecular weight excluding hydrogens is 388 g/mol. The van der Waals surface area contributed by atoms with Gasteiger partial charge in [-0.2, -0.15) is 4.80 Å². The van der Waals surface area contributed by atoms with Crippen LogP contribution in [0.3, 0.4) is 0 Å². The summed E-state index contributed by atoms with van der Waals surface area (Å²) < 4.78 is 11.1. The van der Waals surface area contributed by atoms with Gasteiger partial charge in [0.25, 0.3) is 0 Å². The molecule has 1 aliphatic heterocycles. The van der Waals surface area contributed by atoms with Gasteiger partial charge in [-0.25, -0.2) is 0 Å². The first-order chi connectivity index (χ1) is 14.5. The Bertz CT molecular complexity index is 1080. The number of primary amides is 1. The maximum Gasteiger partial charge on any atom is 0.248 e. The van der Waals surface area contributed by atoms with Crippen LogP contribution in [0.2, 0.25) is 0 Å². The molecule has 0 spiro atoms. The summed E-state index contributed by atoms with van der Waals surface area (Å²) in [7, 11) is 0. The van der Waals surface area contributed by atoms with E-state index >= 15 is 0 Å². The van der Waals surface area contributed by atoms with Crippen LogP contribution in [0, 0.1) is 0 Å². The number of nitrogens with one attached hydrogen (secondary N) is 1. The summed E-state index contributed by atoms with van der Waals surface area (Å²) in [4.78, 5) is 24.8. The molecule has 3 N–H and O–H groups in total. The number of carbonyl (C=O) groups excluding carboxylic acids is 2. The Morgan fingerprint density at radius 2 is 1.87 bits per heavy atom. The highest BCUT2D eigenvalue weighted by Gasteiger charge is 2.17. The Morgan fingerprint density at radius 3 is 2.60 bits per heavy atom. The van der Waals surface area contributed by atoms with Gasteiger partial charge in [0.1, 0.15) is 19.8 Å². The lowest BCUT2D eigenvalue weighted by atomic mass is 10.1. The van der Waals surface area contributed by atoms with Crippen molar-refractivity contribution in [2.45, 2.75) is 19.5 Å². The fourth-order valence-corrected chi connectivity index (χ4v) is 3.04. The molecular formula is C20H20N6O4. The van der Waals surface area contributed by atoms with Gasteiger partial charge in [0.15, 0.2) is 11.5 Å². The summed E-state index contributed by atoms with van der Waals surface area (Å²) in [5, 5.41) is 15.0. The van der Waals surface area contributed by atoms with Crippen LogP contribution in [-0.4, -0.2) is 45.2 Å². The number of nitrogens with zero attached hydrogens (tertiary/aromatic N) is 4. The van der Waals surface area contributed by atoms with Crippen LogP contribution in [0.4, 0.5) is 0 Å². The second kappa shape index (κ2) is 8.19. The lowest BCUT2D eigenvalue weighted by Gasteiger charge is -2.21. The maximum atomic E-state index is 12.4. The molecule has 0 aliphatic carbocycles. The van der Waals surface area contributed by atoms with Gasteiger partial charge in [-0.05, 0) is 42.0 Å². The van der Waals surface area contributed by atoms with Crippen LogP contribution in [0.5, 0.6) is 11.5 Å². The van der Waals surface area contributed by atoms with E-state index in [9.17, 15) is 9.59 Å². The molecule has 4 rings (SSSR count). The van der Waals surface area contributed by atoms with E-state index in [0.717, 1.165) is 5.56 Å². The van der Waals surface area contributed by atoms with Crippen molar-refractivity contribution in [1.29, 1.82) is 0 Å². The summed E-state index contributed by atoms with van der Waals surface area (Å²) in [5.74, 6) is 0.947. The second-order valence-corrected chi connectivity index (χ2v) is 6.78. The topological polar surface area (TPSA) is 134 Å². The molecule has 2 heterocycles. The molecule has 0 radical (unpaired) electrons. The van der Waals surface area contributed by atoms with E-state index in [1.54, 1.807) is 24.3 Å². The maximum absolute atomic E-state index is 12.4. The summed E-state index contributed by atoms with van der Waals surface area (Å²) >= 11 is 0. The molecule has 0 saturated heterocycles. The SMILES string of the molecule is C[C@H](NC(=O)Cn1nnc(-c2ccc(C(N)=O)cc2)n1)c1ccc2c(c1)OCCO2. The smallest absolute Gasteiger partial charge is 0.248 e. The molecule has 30 heavy (non-hydrogen) atoms. The van der Waals surface area contributed by atoms with Crippen LogP contribution in [-0.2, 0) is 11.3 Å². The van der Waals surface area contributed by atoms with Crippen molar-refractivity contribution in [3.8, 4) is 22.9 Å². The number of hydrogen-bond donors (Lipinski definition) is 2. The minimum atomic E-state index is -0.512. The predicted molar refractivity (Wildman–Crippen MR) is 106 cm³/mol. The van der Waals surface area contributed by atoms with Crippen LogP contribution in [0.15, 0.2) is 42.5 Å². The third-order valence-corrected chi connectivity index (χ3v) is 4.61. The number of fused-ring (bicyclic) bond motifs is 1. The predicted octanol–water partition coefficient (Wildman–Crippen LogP) is 1.09. The van der Waals surface area contributed by atoms with Gasteiger partial charge in [-0.15, -0.1) is 10.2 Å². The fourth-order valence-electron chi connectivity index (χ4n) is 3.04. The van der Waals surface area contributed by atoms with E-state index in [1.807, 2.05) is 25.1 Å². The standard InChI is InChI=1S/C20H20N6O4/c1-12(15-6-7-16-17(10-15)30-9-8-29-16)22-18(27)11-26-24-20(23-25-26)14-4-2-13(3-5-14)19(21)28/h2-7,10,12H,8-9,11H2,1H3,(H2,21,28)(H,22,27)/t12-/m0/s1. The van der Waals surface area contributed by atoms with Crippen LogP contribution in [0.25, 0.3) is 11.4 Å². The quantitative estimate of drug-likeness (QED) is 0.623. The molecule has 1 aliphatic rings. The zero-order valence-corrected chi connectivity index (χ0v) is 16.2. The number of hydrogen-bond acceptors (Lipinski definition) is 7. The lowest BCUT2D eigenvalue weighted by molar-refractivity contribution is -0.122. The Balaban J connectivity index is 1.38. The van der Waals surface area contributed by atoms with Crippen molar-refractivity contribution in [3.05, 3.63) is 53.6 Å². The third kappa shape index (κ3) is 4.22. The minimum absolute atomic E-state index is 0.0821. The summed E-state index contributed by atoms with van der Waals surface area (Å²) in [6.45, 7) is 2.83. The largest absolute Gasteiger partial charge is 0.486 e. The Labute approximate surface area is 172 Å². The Kier molecular flexibility index (Phi) is 5.29. The third-order valence-electron chi connectivity index (χ3n) is 4.61. The lowest BCUT2D eigenvalue weighted by Crippen LogP contribution is -2.31.